The predicted octanol–water partition coefficient (Wildman–Crippen LogP) is 0.137. The maximum absolute atomic E-state index is 9.28. The lowest BCUT2D eigenvalue weighted by Crippen LogP contribution is -2.22. The van der Waals surface area contributed by atoms with E-state index in [0.717, 1.165) is 0 Å². The van der Waals surface area contributed by atoms with Gasteiger partial charge >= 0.3 is 0 Å². The smallest absolute Gasteiger partial charge is 0.0587 e. The number of rotatable bonds is 5. The van der Waals surface area contributed by atoms with Crippen LogP contribution in [0.3, 0.4) is 0 Å². The van der Waals surface area contributed by atoms with E-state index in [2.05, 4.69) is 0 Å². The third-order valence-electron chi connectivity index (χ3n) is 1.75. The molecule has 0 aliphatic heterocycles. The van der Waals surface area contributed by atoms with Crippen LogP contribution in [0.15, 0.2) is 0 Å². The van der Waals surface area contributed by atoms with E-state index < -0.39 is 12.2 Å². The molecular formula is C8H18O3. The summed E-state index contributed by atoms with van der Waals surface area (Å²) in [4.78, 5) is 0. The zero-order valence-electron chi connectivity index (χ0n) is 7.20. The van der Waals surface area contributed by atoms with Crippen molar-refractivity contribution in [3.05, 3.63) is 0 Å². The molecule has 0 aromatic carbocycles. The molecule has 0 aliphatic carbocycles. The normalized spacial score (nSPS) is 16.9. The summed E-state index contributed by atoms with van der Waals surface area (Å²) >= 11 is 0. The molecule has 2 atom stereocenters. The summed E-state index contributed by atoms with van der Waals surface area (Å²) in [7, 11) is 0. The van der Waals surface area contributed by atoms with Gasteiger partial charge in [-0.15, -0.1) is 0 Å². The summed E-state index contributed by atoms with van der Waals surface area (Å²) in [6.07, 6.45) is -0.323. The average Bonchev–Trinajstić information content (AvgIpc) is 1.87. The molecule has 0 bridgehead atoms. The number of hydrogen-bond acceptors (Lipinski definition) is 3. The number of aliphatic hydroxyl groups is 3. The van der Waals surface area contributed by atoms with Gasteiger partial charge in [0.15, 0.2) is 0 Å². The Hall–Kier alpha value is -0.120. The van der Waals surface area contributed by atoms with Crippen LogP contribution in [-0.4, -0.2) is 34.1 Å². The zero-order valence-corrected chi connectivity index (χ0v) is 7.20. The molecule has 0 spiro atoms. The highest BCUT2D eigenvalue weighted by molar-refractivity contribution is 4.65. The molecule has 0 aliphatic rings. The van der Waals surface area contributed by atoms with Gasteiger partial charge in [-0.2, -0.15) is 0 Å². The molecule has 0 rings (SSSR count). The van der Waals surface area contributed by atoms with Gasteiger partial charge in [-0.1, -0.05) is 13.8 Å². The minimum atomic E-state index is -0.572. The maximum atomic E-state index is 9.28. The molecule has 0 fully saturated rings. The van der Waals surface area contributed by atoms with Crippen LogP contribution < -0.4 is 0 Å². The standard InChI is InChI=1S/C8H18O3/c1-6(2)8(11)5-7(10)3-4-9/h6-11H,3-5H2,1-2H3/t7-,8+/m1/s1. The fraction of sp³-hybridized carbons (Fsp3) is 1.00. The molecular weight excluding hydrogens is 144 g/mol. The Morgan fingerprint density at radius 2 is 1.73 bits per heavy atom. The lowest BCUT2D eigenvalue weighted by molar-refractivity contribution is 0.0421. The molecule has 0 aromatic heterocycles. The molecule has 3 N–H and O–H groups in total. The van der Waals surface area contributed by atoms with E-state index in [-0.39, 0.29) is 12.5 Å². The van der Waals surface area contributed by atoms with E-state index >= 15 is 0 Å². The summed E-state index contributed by atoms with van der Waals surface area (Å²) in [5.74, 6) is 0.170. The van der Waals surface area contributed by atoms with E-state index in [9.17, 15) is 5.11 Å². The van der Waals surface area contributed by atoms with Crippen LogP contribution in [0.5, 0.6) is 0 Å². The summed E-state index contributed by atoms with van der Waals surface area (Å²) < 4.78 is 0. The largest absolute Gasteiger partial charge is 0.396 e. The molecule has 3 nitrogen and oxygen atoms in total. The molecule has 0 saturated carbocycles. The molecule has 0 unspecified atom stereocenters. The summed E-state index contributed by atoms with van der Waals surface area (Å²) in [6.45, 7) is 3.78. The fourth-order valence-corrected chi connectivity index (χ4v) is 0.818. The second-order valence-corrected chi connectivity index (χ2v) is 3.21. The minimum Gasteiger partial charge on any atom is -0.396 e. The molecule has 0 aromatic rings. The Balaban J connectivity index is 3.48. The van der Waals surface area contributed by atoms with Crippen molar-refractivity contribution in [3.8, 4) is 0 Å². The van der Waals surface area contributed by atoms with Gasteiger partial charge in [0.25, 0.3) is 0 Å². The van der Waals surface area contributed by atoms with Gasteiger partial charge in [-0.05, 0) is 18.8 Å². The van der Waals surface area contributed by atoms with Crippen LogP contribution in [0.1, 0.15) is 26.7 Å². The quantitative estimate of drug-likeness (QED) is 0.539. The summed E-state index contributed by atoms with van der Waals surface area (Å²) in [6, 6.07) is 0. The first-order valence-corrected chi connectivity index (χ1v) is 4.05. The van der Waals surface area contributed by atoms with Crippen molar-refractivity contribution < 1.29 is 15.3 Å². The van der Waals surface area contributed by atoms with Gasteiger partial charge in [0.1, 0.15) is 0 Å². The Labute approximate surface area is 67.7 Å². The van der Waals surface area contributed by atoms with Crippen LogP contribution >= 0.6 is 0 Å². The van der Waals surface area contributed by atoms with Crippen molar-refractivity contribution in [2.75, 3.05) is 6.61 Å². The average molecular weight is 162 g/mol. The van der Waals surface area contributed by atoms with Crippen molar-refractivity contribution in [3.63, 3.8) is 0 Å². The first-order valence-electron chi connectivity index (χ1n) is 4.05. The van der Waals surface area contributed by atoms with Crippen molar-refractivity contribution in [2.24, 2.45) is 5.92 Å². The third kappa shape index (κ3) is 5.18. The topological polar surface area (TPSA) is 60.7 Å². The highest BCUT2D eigenvalue weighted by atomic mass is 16.3. The van der Waals surface area contributed by atoms with Crippen LogP contribution in [0.25, 0.3) is 0 Å². The van der Waals surface area contributed by atoms with Gasteiger partial charge in [0, 0.05) is 6.61 Å². The molecule has 0 saturated heterocycles. The third-order valence-corrected chi connectivity index (χ3v) is 1.75. The lowest BCUT2D eigenvalue weighted by atomic mass is 10.00. The minimum absolute atomic E-state index is 0.0218. The van der Waals surface area contributed by atoms with E-state index in [4.69, 9.17) is 10.2 Å². The molecule has 0 heterocycles. The van der Waals surface area contributed by atoms with Gasteiger partial charge in [-0.25, -0.2) is 0 Å². The molecule has 0 amide bonds. The number of hydrogen-bond donors (Lipinski definition) is 3. The Morgan fingerprint density at radius 1 is 1.18 bits per heavy atom. The molecule has 0 radical (unpaired) electrons. The van der Waals surface area contributed by atoms with Gasteiger partial charge < -0.3 is 15.3 Å². The van der Waals surface area contributed by atoms with Gasteiger partial charge in [0.05, 0.1) is 12.2 Å². The van der Waals surface area contributed by atoms with Gasteiger partial charge in [-0.3, -0.25) is 0 Å². The van der Waals surface area contributed by atoms with Crippen LogP contribution in [0.2, 0.25) is 0 Å². The zero-order chi connectivity index (χ0) is 8.85. The van der Waals surface area contributed by atoms with Crippen LogP contribution in [-0.2, 0) is 0 Å². The molecule has 68 valence electrons. The summed E-state index contributed by atoms with van der Waals surface area (Å²) in [5.41, 5.74) is 0. The second kappa shape index (κ2) is 5.52. The predicted molar refractivity (Wildman–Crippen MR) is 43.2 cm³/mol. The Kier molecular flexibility index (Phi) is 5.46. The molecule has 3 heteroatoms. The highest BCUT2D eigenvalue weighted by Gasteiger charge is 2.14. The first kappa shape index (κ1) is 10.9. The van der Waals surface area contributed by atoms with Crippen molar-refractivity contribution in [2.45, 2.75) is 38.9 Å². The summed E-state index contributed by atoms with van der Waals surface area (Å²) in [5, 5.41) is 26.9. The van der Waals surface area contributed by atoms with E-state index in [1.54, 1.807) is 0 Å². The van der Waals surface area contributed by atoms with Crippen molar-refractivity contribution >= 4 is 0 Å². The van der Waals surface area contributed by atoms with Crippen molar-refractivity contribution in [1.29, 1.82) is 0 Å². The Morgan fingerprint density at radius 3 is 2.09 bits per heavy atom. The number of aliphatic hydroxyl groups excluding tert-OH is 3. The maximum Gasteiger partial charge on any atom is 0.0587 e. The Bertz CT molecular complexity index is 93.3. The first-order chi connectivity index (χ1) is 5.07. The van der Waals surface area contributed by atoms with Crippen LogP contribution in [0.4, 0.5) is 0 Å². The van der Waals surface area contributed by atoms with E-state index in [0.29, 0.717) is 12.8 Å². The molecule has 11 heavy (non-hydrogen) atoms. The van der Waals surface area contributed by atoms with E-state index in [1.165, 1.54) is 0 Å². The fourth-order valence-electron chi connectivity index (χ4n) is 0.818. The van der Waals surface area contributed by atoms with Crippen molar-refractivity contribution in [1.82, 2.24) is 0 Å². The second-order valence-electron chi connectivity index (χ2n) is 3.21. The van der Waals surface area contributed by atoms with E-state index in [1.807, 2.05) is 13.8 Å². The van der Waals surface area contributed by atoms with Crippen LogP contribution in [0, 0.1) is 5.92 Å². The van der Waals surface area contributed by atoms with Gasteiger partial charge in [0.2, 0.25) is 0 Å². The lowest BCUT2D eigenvalue weighted by Gasteiger charge is -2.17. The monoisotopic (exact) mass is 162 g/mol. The SMILES string of the molecule is CC(C)[C@@H](O)C[C@H](O)CCO. The highest BCUT2D eigenvalue weighted by Crippen LogP contribution is 2.09.